The smallest absolute Gasteiger partial charge is 0.257 e. The number of amides is 1. The Hall–Kier alpha value is -2.08. The number of hydrogen-bond acceptors (Lipinski definition) is 5. The summed E-state index contributed by atoms with van der Waals surface area (Å²) in [4.78, 5) is 15.7. The molecule has 3 N–H and O–H groups in total. The van der Waals surface area contributed by atoms with Gasteiger partial charge in [-0.3, -0.25) is 4.79 Å². The molecule has 2 rings (SSSR count). The summed E-state index contributed by atoms with van der Waals surface area (Å²) in [6, 6.07) is 5.47. The van der Waals surface area contributed by atoms with Crippen molar-refractivity contribution in [3.8, 4) is 17.0 Å². The van der Waals surface area contributed by atoms with Crippen molar-refractivity contribution in [2.24, 2.45) is 0 Å². The molecule has 0 unspecified atom stereocenters. The molecule has 20 heavy (non-hydrogen) atoms. The van der Waals surface area contributed by atoms with Crippen molar-refractivity contribution in [2.75, 3.05) is 19.4 Å². The Bertz CT molecular complexity index is 610. The number of nitrogens with zero attached hydrogens (tertiary/aromatic N) is 1. The first-order valence-electron chi connectivity index (χ1n) is 6.31. The van der Waals surface area contributed by atoms with E-state index in [1.54, 1.807) is 24.5 Å². The molecule has 1 aromatic carbocycles. The third kappa shape index (κ3) is 3.27. The lowest BCUT2D eigenvalue weighted by molar-refractivity contribution is -0.122. The third-order valence-corrected chi connectivity index (χ3v) is 3.79. The number of carbonyl (C=O) groups is 1. The number of ether oxygens (including phenoxy) is 1. The number of nitrogen functional groups attached to an aromatic ring is 1. The lowest BCUT2D eigenvalue weighted by Gasteiger charge is -2.09. The highest BCUT2D eigenvalue weighted by atomic mass is 32.1. The molecule has 0 saturated heterocycles. The number of benzene rings is 1. The van der Waals surface area contributed by atoms with Gasteiger partial charge in [-0.05, 0) is 24.6 Å². The molecule has 6 heteroatoms. The minimum atomic E-state index is -0.194. The first kappa shape index (κ1) is 14.3. The van der Waals surface area contributed by atoms with Crippen molar-refractivity contribution in [3.05, 3.63) is 28.6 Å². The summed E-state index contributed by atoms with van der Waals surface area (Å²) in [6.45, 7) is 2.03. The number of nitrogens with one attached hydrogen (secondary N) is 1. The van der Waals surface area contributed by atoms with E-state index in [1.807, 2.05) is 17.5 Å². The van der Waals surface area contributed by atoms with E-state index in [4.69, 9.17) is 10.5 Å². The van der Waals surface area contributed by atoms with E-state index in [9.17, 15) is 4.79 Å². The summed E-state index contributed by atoms with van der Waals surface area (Å²) in [6.07, 6.45) is 0.924. The van der Waals surface area contributed by atoms with Crippen LogP contribution >= 0.6 is 11.3 Å². The maximum absolute atomic E-state index is 11.1. The summed E-state index contributed by atoms with van der Waals surface area (Å²) in [5, 5.41) is 5.60. The van der Waals surface area contributed by atoms with E-state index in [0.29, 0.717) is 11.4 Å². The standard InChI is InChI=1S/C14H17N3O2S/c1-3-14-17-11(8-20-14)9-4-5-12(10(15)6-9)19-7-13(18)16-2/h4-6,8H,3,7,15H2,1-2H3,(H,16,18). The molecule has 1 amide bonds. The Balaban J connectivity index is 2.14. The minimum Gasteiger partial charge on any atom is -0.482 e. The number of aryl methyl sites for hydroxylation is 1. The molecule has 0 aliphatic carbocycles. The van der Waals surface area contributed by atoms with Crippen molar-refractivity contribution in [3.63, 3.8) is 0 Å². The monoisotopic (exact) mass is 291 g/mol. The van der Waals surface area contributed by atoms with Gasteiger partial charge in [0.15, 0.2) is 6.61 Å². The third-order valence-electron chi connectivity index (χ3n) is 2.80. The number of carbonyl (C=O) groups excluding carboxylic acids is 1. The van der Waals surface area contributed by atoms with E-state index < -0.39 is 0 Å². The molecule has 0 aliphatic heterocycles. The van der Waals surface area contributed by atoms with Crippen LogP contribution in [0.15, 0.2) is 23.6 Å². The molecule has 0 bridgehead atoms. The van der Waals surface area contributed by atoms with Crippen LogP contribution in [-0.2, 0) is 11.2 Å². The SMILES string of the molecule is CCc1nc(-c2ccc(OCC(=O)NC)c(N)c2)cs1. The Labute approximate surface area is 121 Å². The van der Waals surface area contributed by atoms with Crippen molar-refractivity contribution in [2.45, 2.75) is 13.3 Å². The van der Waals surface area contributed by atoms with Gasteiger partial charge in [-0.25, -0.2) is 4.98 Å². The zero-order valence-corrected chi connectivity index (χ0v) is 12.3. The first-order valence-corrected chi connectivity index (χ1v) is 7.19. The first-order chi connectivity index (χ1) is 9.63. The van der Waals surface area contributed by atoms with Gasteiger partial charge in [0.1, 0.15) is 5.75 Å². The van der Waals surface area contributed by atoms with Gasteiger partial charge in [0.05, 0.1) is 16.4 Å². The van der Waals surface area contributed by atoms with Crippen LogP contribution in [-0.4, -0.2) is 24.5 Å². The van der Waals surface area contributed by atoms with Crippen molar-refractivity contribution in [1.29, 1.82) is 0 Å². The van der Waals surface area contributed by atoms with Gasteiger partial charge in [-0.2, -0.15) is 0 Å². The summed E-state index contributed by atoms with van der Waals surface area (Å²) in [7, 11) is 1.56. The number of hydrogen-bond donors (Lipinski definition) is 2. The number of likely N-dealkylation sites (N-methyl/N-ethyl adjacent to an activating group) is 1. The molecular formula is C14H17N3O2S. The molecule has 0 radical (unpaired) electrons. The van der Waals surface area contributed by atoms with Gasteiger partial charge in [-0.15, -0.1) is 11.3 Å². The average Bonchev–Trinajstić information content (AvgIpc) is 2.94. The van der Waals surface area contributed by atoms with Crippen LogP contribution in [0.4, 0.5) is 5.69 Å². The van der Waals surface area contributed by atoms with Crippen LogP contribution in [0.2, 0.25) is 0 Å². The average molecular weight is 291 g/mol. The maximum Gasteiger partial charge on any atom is 0.257 e. The van der Waals surface area contributed by atoms with Gasteiger partial charge in [0.25, 0.3) is 5.91 Å². The van der Waals surface area contributed by atoms with Crippen LogP contribution in [0.5, 0.6) is 5.75 Å². The normalized spacial score (nSPS) is 10.3. The highest BCUT2D eigenvalue weighted by molar-refractivity contribution is 7.09. The Morgan fingerprint density at radius 3 is 2.90 bits per heavy atom. The van der Waals surface area contributed by atoms with E-state index in [2.05, 4.69) is 17.2 Å². The topological polar surface area (TPSA) is 77.2 Å². The highest BCUT2D eigenvalue weighted by Crippen LogP contribution is 2.29. The maximum atomic E-state index is 11.1. The molecule has 0 fully saturated rings. The zero-order chi connectivity index (χ0) is 14.5. The fourth-order valence-electron chi connectivity index (χ4n) is 1.66. The molecule has 2 aromatic rings. The Morgan fingerprint density at radius 1 is 1.50 bits per heavy atom. The molecule has 0 spiro atoms. The summed E-state index contributed by atoms with van der Waals surface area (Å²) in [5.74, 6) is 0.309. The van der Waals surface area contributed by atoms with Crippen LogP contribution in [0.1, 0.15) is 11.9 Å². The zero-order valence-electron chi connectivity index (χ0n) is 11.5. The predicted octanol–water partition coefficient (Wildman–Crippen LogP) is 2.08. The fraction of sp³-hybridized carbons (Fsp3) is 0.286. The van der Waals surface area contributed by atoms with Crippen LogP contribution in [0.3, 0.4) is 0 Å². The minimum absolute atomic E-state index is 0.0449. The molecule has 106 valence electrons. The molecule has 5 nitrogen and oxygen atoms in total. The van der Waals surface area contributed by atoms with Crippen LogP contribution < -0.4 is 15.8 Å². The Kier molecular flexibility index (Phi) is 4.57. The molecular weight excluding hydrogens is 274 g/mol. The summed E-state index contributed by atoms with van der Waals surface area (Å²) in [5.41, 5.74) is 8.31. The van der Waals surface area contributed by atoms with Gasteiger partial charge in [0, 0.05) is 18.0 Å². The van der Waals surface area contributed by atoms with Crippen molar-refractivity contribution in [1.82, 2.24) is 10.3 Å². The molecule has 0 aliphatic rings. The number of rotatable bonds is 5. The quantitative estimate of drug-likeness (QED) is 0.827. The number of thiazole rings is 1. The van der Waals surface area contributed by atoms with Gasteiger partial charge in [0.2, 0.25) is 0 Å². The predicted molar refractivity (Wildman–Crippen MR) is 80.9 cm³/mol. The number of aromatic nitrogens is 1. The summed E-state index contributed by atoms with van der Waals surface area (Å²) < 4.78 is 5.35. The second-order valence-corrected chi connectivity index (χ2v) is 5.14. The molecule has 0 saturated carbocycles. The molecule has 1 aromatic heterocycles. The van der Waals surface area contributed by atoms with E-state index in [1.165, 1.54) is 0 Å². The summed E-state index contributed by atoms with van der Waals surface area (Å²) >= 11 is 1.64. The largest absolute Gasteiger partial charge is 0.482 e. The van der Waals surface area contributed by atoms with E-state index >= 15 is 0 Å². The van der Waals surface area contributed by atoms with Gasteiger partial charge in [-0.1, -0.05) is 6.92 Å². The van der Waals surface area contributed by atoms with E-state index in [-0.39, 0.29) is 12.5 Å². The highest BCUT2D eigenvalue weighted by Gasteiger charge is 2.08. The number of nitrogens with two attached hydrogens (primary N) is 1. The number of anilines is 1. The Morgan fingerprint density at radius 2 is 2.30 bits per heavy atom. The van der Waals surface area contributed by atoms with Crippen LogP contribution in [0.25, 0.3) is 11.3 Å². The van der Waals surface area contributed by atoms with Gasteiger partial charge >= 0.3 is 0 Å². The van der Waals surface area contributed by atoms with Gasteiger partial charge < -0.3 is 15.8 Å². The molecule has 1 heterocycles. The fourth-order valence-corrected chi connectivity index (χ4v) is 2.41. The van der Waals surface area contributed by atoms with E-state index in [0.717, 1.165) is 22.7 Å². The van der Waals surface area contributed by atoms with Crippen LogP contribution in [0, 0.1) is 0 Å². The lowest BCUT2D eigenvalue weighted by Crippen LogP contribution is -2.25. The van der Waals surface area contributed by atoms with Crippen molar-refractivity contribution >= 4 is 22.9 Å². The second kappa shape index (κ2) is 6.38. The molecule has 0 atom stereocenters. The lowest BCUT2D eigenvalue weighted by atomic mass is 10.1. The van der Waals surface area contributed by atoms with Crippen molar-refractivity contribution < 1.29 is 9.53 Å². The second-order valence-electron chi connectivity index (χ2n) is 4.19.